The van der Waals surface area contributed by atoms with Gasteiger partial charge in [0.25, 0.3) is 5.82 Å². The van der Waals surface area contributed by atoms with Gasteiger partial charge in [0.15, 0.2) is 0 Å². The number of ether oxygens (including phenoxy) is 1. The number of nitrogens with zero attached hydrogens (tertiary/aromatic N) is 3. The molecule has 5 rings (SSSR count). The van der Waals surface area contributed by atoms with Crippen molar-refractivity contribution in [2.24, 2.45) is 11.8 Å². The van der Waals surface area contributed by atoms with E-state index in [4.69, 9.17) is 32.5 Å². The highest BCUT2D eigenvalue weighted by Crippen LogP contribution is 2.39. The van der Waals surface area contributed by atoms with Crippen LogP contribution in [0.25, 0.3) is 10.9 Å². The van der Waals surface area contributed by atoms with Gasteiger partial charge < -0.3 is 30.2 Å². The highest BCUT2D eigenvalue weighted by Gasteiger charge is 2.47. The van der Waals surface area contributed by atoms with E-state index in [1.807, 2.05) is 64.1 Å². The van der Waals surface area contributed by atoms with E-state index in [0.717, 1.165) is 22.2 Å². The molecular formula is C35H39Cl2N7O5. The summed E-state index contributed by atoms with van der Waals surface area (Å²) in [6, 6.07) is 12.7. The van der Waals surface area contributed by atoms with Crippen molar-refractivity contribution in [3.05, 3.63) is 81.0 Å². The number of hydrogen-bond acceptors (Lipinski definition) is 8. The van der Waals surface area contributed by atoms with Crippen molar-refractivity contribution < 1.29 is 23.6 Å². The summed E-state index contributed by atoms with van der Waals surface area (Å²) in [5, 5.41) is 23.5. The van der Waals surface area contributed by atoms with Crippen molar-refractivity contribution in [2.75, 3.05) is 0 Å². The molecule has 0 aliphatic heterocycles. The number of fused-ring (bicyclic) bond motifs is 3. The maximum Gasteiger partial charge on any atom is 0.408 e. The number of aromatic amines is 1. The van der Waals surface area contributed by atoms with Crippen molar-refractivity contribution in [1.82, 2.24) is 31.1 Å². The zero-order valence-electron chi connectivity index (χ0n) is 27.7. The Balaban J connectivity index is 1.48. The Bertz CT molecular complexity index is 1870. The van der Waals surface area contributed by atoms with Crippen LogP contribution >= 0.6 is 23.2 Å². The second-order valence-electron chi connectivity index (χ2n) is 12.6. The van der Waals surface area contributed by atoms with Gasteiger partial charge in [-0.05, 0) is 53.1 Å². The number of amides is 3. The van der Waals surface area contributed by atoms with Gasteiger partial charge in [0.2, 0.25) is 17.7 Å². The summed E-state index contributed by atoms with van der Waals surface area (Å²) >= 11 is 12.9. The van der Waals surface area contributed by atoms with Gasteiger partial charge in [-0.25, -0.2) is 4.79 Å². The summed E-state index contributed by atoms with van der Waals surface area (Å²) in [5.41, 5.74) is 1.69. The van der Waals surface area contributed by atoms with Crippen LogP contribution in [0.5, 0.6) is 0 Å². The molecule has 2 unspecified atom stereocenters. The lowest BCUT2D eigenvalue weighted by atomic mass is 9.78. The largest absolute Gasteiger partial charge is 0.445 e. The van der Waals surface area contributed by atoms with E-state index in [2.05, 4.69) is 31.1 Å². The minimum Gasteiger partial charge on any atom is -0.445 e. The molecule has 12 nitrogen and oxygen atoms in total. The molecule has 5 atom stereocenters. The predicted octanol–water partition coefficient (Wildman–Crippen LogP) is 6.32. The predicted molar refractivity (Wildman–Crippen MR) is 184 cm³/mol. The molecule has 1 aliphatic rings. The monoisotopic (exact) mass is 707 g/mol. The first-order valence-electron chi connectivity index (χ1n) is 16.3. The third-order valence-electron chi connectivity index (χ3n) is 9.39. The fraction of sp³-hybridized carbons (Fsp3) is 0.429. The van der Waals surface area contributed by atoms with Crippen LogP contribution in [0.15, 0.2) is 47.0 Å². The number of nitrogens with one attached hydrogen (secondary N) is 4. The van der Waals surface area contributed by atoms with Crippen molar-refractivity contribution >= 4 is 52.0 Å². The second kappa shape index (κ2) is 15.3. The molecule has 0 radical (unpaired) electrons. The maximum atomic E-state index is 14.6. The Morgan fingerprint density at radius 2 is 1.84 bits per heavy atom. The van der Waals surface area contributed by atoms with Crippen molar-refractivity contribution in [1.29, 1.82) is 5.26 Å². The standard InChI is InChI=1S/C35H39Cl2N7O5/c1-5-19(3)28(42-34(47)48-18-21-10-8-7-9-11-21)31(45)43-35(33(46)41-29(20(4)6-2)32-40-27(17-38)44-49-32)13-12-26-24(16-35)23-14-22(36)15-25(37)30(23)39-26/h7-11,14-15,19-20,28-29,39H,5-6,12-13,16,18H2,1-4H3,(H,41,46)(H,42,47)(H,43,45)/t19?,20?,28-,29-,35-/m0/s1. The van der Waals surface area contributed by atoms with E-state index in [9.17, 15) is 19.6 Å². The number of alkyl carbamates (subject to hydrolysis) is 1. The fourth-order valence-corrected chi connectivity index (χ4v) is 6.65. The number of aromatic nitrogens is 3. The highest BCUT2D eigenvalue weighted by atomic mass is 35.5. The Labute approximate surface area is 294 Å². The van der Waals surface area contributed by atoms with Gasteiger partial charge >= 0.3 is 6.09 Å². The van der Waals surface area contributed by atoms with Crippen molar-refractivity contribution in [2.45, 2.75) is 84.0 Å². The number of nitriles is 1. The minimum atomic E-state index is -1.47. The summed E-state index contributed by atoms with van der Waals surface area (Å²) in [6.07, 6.45) is 1.18. The molecule has 0 spiro atoms. The minimum absolute atomic E-state index is 0.0303. The Morgan fingerprint density at radius 1 is 1.10 bits per heavy atom. The number of hydrogen-bond donors (Lipinski definition) is 4. The first-order chi connectivity index (χ1) is 23.5. The van der Waals surface area contributed by atoms with E-state index < -0.39 is 35.5 Å². The smallest absolute Gasteiger partial charge is 0.408 e. The van der Waals surface area contributed by atoms with Gasteiger partial charge in [-0.2, -0.15) is 10.2 Å². The summed E-state index contributed by atoms with van der Waals surface area (Å²) in [7, 11) is 0. The molecule has 4 N–H and O–H groups in total. The molecule has 49 heavy (non-hydrogen) atoms. The molecule has 1 aliphatic carbocycles. The van der Waals surface area contributed by atoms with Gasteiger partial charge in [-0.1, -0.05) is 94.1 Å². The zero-order valence-corrected chi connectivity index (χ0v) is 29.2. The molecule has 0 bridgehead atoms. The number of carbonyl (C=O) groups is 3. The van der Waals surface area contributed by atoms with Gasteiger partial charge in [0, 0.05) is 22.5 Å². The van der Waals surface area contributed by atoms with Gasteiger partial charge in [0.05, 0.1) is 10.5 Å². The Morgan fingerprint density at radius 3 is 2.51 bits per heavy atom. The summed E-state index contributed by atoms with van der Waals surface area (Å²) in [5.74, 6) is -1.55. The summed E-state index contributed by atoms with van der Waals surface area (Å²) in [6.45, 7) is 7.65. The summed E-state index contributed by atoms with van der Waals surface area (Å²) < 4.78 is 10.8. The van der Waals surface area contributed by atoms with Crippen LogP contribution in [-0.4, -0.2) is 44.6 Å². The molecule has 2 aromatic carbocycles. The van der Waals surface area contributed by atoms with Crippen LogP contribution in [-0.2, 0) is 33.8 Å². The molecule has 14 heteroatoms. The lowest BCUT2D eigenvalue weighted by molar-refractivity contribution is -0.136. The molecule has 4 aromatic rings. The zero-order chi connectivity index (χ0) is 35.3. The molecule has 2 aromatic heterocycles. The van der Waals surface area contributed by atoms with E-state index in [0.29, 0.717) is 34.8 Å². The van der Waals surface area contributed by atoms with Crippen LogP contribution in [0.1, 0.15) is 81.5 Å². The van der Waals surface area contributed by atoms with Gasteiger partial charge in [-0.3, -0.25) is 9.59 Å². The first kappa shape index (κ1) is 35.7. The molecule has 0 saturated carbocycles. The molecular weight excluding hydrogens is 669 g/mol. The number of H-pyrrole nitrogens is 1. The van der Waals surface area contributed by atoms with Crippen LogP contribution in [0, 0.1) is 23.2 Å². The number of halogens is 2. The average Bonchev–Trinajstić information content (AvgIpc) is 3.73. The Hall–Kier alpha value is -4.60. The molecule has 0 saturated heterocycles. The molecule has 3 amide bonds. The number of aryl methyl sites for hydroxylation is 1. The Kier molecular flexibility index (Phi) is 11.2. The topological polar surface area (TPSA) is 175 Å². The quantitative estimate of drug-likeness (QED) is 0.132. The number of rotatable bonds is 12. The second-order valence-corrected chi connectivity index (χ2v) is 13.5. The van der Waals surface area contributed by atoms with Crippen LogP contribution < -0.4 is 16.0 Å². The highest BCUT2D eigenvalue weighted by molar-refractivity contribution is 6.38. The van der Waals surface area contributed by atoms with Gasteiger partial charge in [-0.15, -0.1) is 0 Å². The lowest BCUT2D eigenvalue weighted by Crippen LogP contribution is -2.65. The molecule has 0 fully saturated rings. The third-order valence-corrected chi connectivity index (χ3v) is 9.90. The first-order valence-corrected chi connectivity index (χ1v) is 17.1. The van der Waals surface area contributed by atoms with Crippen LogP contribution in [0.4, 0.5) is 4.79 Å². The van der Waals surface area contributed by atoms with Crippen molar-refractivity contribution in [3.63, 3.8) is 0 Å². The maximum absolute atomic E-state index is 14.6. The van der Waals surface area contributed by atoms with Crippen LogP contribution in [0.2, 0.25) is 10.0 Å². The van der Waals surface area contributed by atoms with Gasteiger partial charge in [0.1, 0.15) is 30.3 Å². The van der Waals surface area contributed by atoms with E-state index in [1.165, 1.54) is 0 Å². The third kappa shape index (κ3) is 7.84. The number of benzene rings is 2. The fourth-order valence-electron chi connectivity index (χ4n) is 6.11. The lowest BCUT2D eigenvalue weighted by Gasteiger charge is -2.39. The summed E-state index contributed by atoms with van der Waals surface area (Å²) in [4.78, 5) is 49.4. The van der Waals surface area contributed by atoms with E-state index in [1.54, 1.807) is 12.1 Å². The molecule has 258 valence electrons. The van der Waals surface area contributed by atoms with Crippen molar-refractivity contribution in [3.8, 4) is 6.07 Å². The van der Waals surface area contributed by atoms with Crippen LogP contribution in [0.3, 0.4) is 0 Å². The normalized spacial score (nSPS) is 18.0. The molecule has 2 heterocycles. The number of carbonyl (C=O) groups excluding carboxylic acids is 3. The van der Waals surface area contributed by atoms with E-state index in [-0.39, 0.29) is 43.0 Å². The average molecular weight is 709 g/mol. The van der Waals surface area contributed by atoms with E-state index >= 15 is 0 Å². The SMILES string of the molecule is CCC(C)[C@H](NC(=O)OCc1ccccc1)C(=O)N[C@@]1(C(=O)N[C@H](c2nc(C#N)no2)C(C)CC)CCc2[nH]c3c(Cl)cc(Cl)cc3c2C1.